The van der Waals surface area contributed by atoms with Crippen molar-refractivity contribution in [3.05, 3.63) is 93.6 Å². The lowest BCUT2D eigenvalue weighted by molar-refractivity contribution is -0.118. The molecule has 1 N–H and O–H groups in total. The predicted molar refractivity (Wildman–Crippen MR) is 125 cm³/mol. The number of amides is 1. The van der Waals surface area contributed by atoms with E-state index < -0.39 is 11.9 Å². The Labute approximate surface area is 190 Å². The molecule has 1 atom stereocenters. The number of carbonyl (C=O) groups is 2. The van der Waals surface area contributed by atoms with Crippen LogP contribution in [0.4, 0.5) is 15.8 Å². The van der Waals surface area contributed by atoms with Crippen LogP contribution in [0.3, 0.4) is 0 Å². The molecule has 1 aliphatic heterocycles. The van der Waals surface area contributed by atoms with Crippen molar-refractivity contribution < 1.29 is 14.0 Å². The highest BCUT2D eigenvalue weighted by Crippen LogP contribution is 2.49. The molecule has 2 heterocycles. The normalized spacial score (nSPS) is 19.7. The van der Waals surface area contributed by atoms with Crippen LogP contribution in [-0.2, 0) is 4.79 Å². The molecule has 0 radical (unpaired) electrons. The second-order valence-corrected chi connectivity index (χ2v) is 10.1. The van der Waals surface area contributed by atoms with Crippen LogP contribution in [0.1, 0.15) is 48.0 Å². The molecule has 0 saturated carbocycles. The van der Waals surface area contributed by atoms with Crippen molar-refractivity contribution in [3.63, 3.8) is 0 Å². The van der Waals surface area contributed by atoms with Crippen LogP contribution in [0.25, 0.3) is 0 Å². The first-order valence-corrected chi connectivity index (χ1v) is 11.5. The van der Waals surface area contributed by atoms with Gasteiger partial charge in [-0.25, -0.2) is 4.39 Å². The van der Waals surface area contributed by atoms with Crippen molar-refractivity contribution >= 4 is 34.4 Å². The van der Waals surface area contributed by atoms with E-state index in [1.807, 2.05) is 41.8 Å². The van der Waals surface area contributed by atoms with Crippen molar-refractivity contribution in [1.29, 1.82) is 0 Å². The van der Waals surface area contributed by atoms with E-state index in [1.54, 1.807) is 4.90 Å². The molecule has 0 saturated heterocycles. The molecular weight excluding hydrogens is 423 g/mol. The molecule has 1 aliphatic carbocycles. The lowest BCUT2D eigenvalue weighted by Gasteiger charge is -2.36. The zero-order valence-corrected chi connectivity index (χ0v) is 18.7. The highest BCUT2D eigenvalue weighted by Gasteiger charge is 2.43. The monoisotopic (exact) mass is 446 g/mol. The van der Waals surface area contributed by atoms with Crippen molar-refractivity contribution in [2.24, 2.45) is 5.41 Å². The molecule has 3 aromatic rings. The number of para-hydroxylation sites is 2. The first-order chi connectivity index (χ1) is 15.3. The second kappa shape index (κ2) is 7.71. The largest absolute Gasteiger partial charge is 0.357 e. The smallest absolute Gasteiger partial charge is 0.259 e. The van der Waals surface area contributed by atoms with Gasteiger partial charge in [0.2, 0.25) is 0 Å². The van der Waals surface area contributed by atoms with Crippen LogP contribution in [0, 0.1) is 11.2 Å². The van der Waals surface area contributed by atoms with Crippen molar-refractivity contribution in [2.45, 2.75) is 32.7 Å². The summed E-state index contributed by atoms with van der Waals surface area (Å²) in [4.78, 5) is 30.0. The number of allylic oxidation sites excluding steroid dienone is 1. The SMILES string of the molecule is CC1(C)CC(=O)C2=C(C1)Nc1ccccc1N(C(=O)c1ccc(F)cc1)C2c1cccs1. The van der Waals surface area contributed by atoms with Gasteiger partial charge < -0.3 is 5.32 Å². The summed E-state index contributed by atoms with van der Waals surface area (Å²) in [5.74, 6) is -0.625. The van der Waals surface area contributed by atoms with Crippen LogP contribution in [0.5, 0.6) is 0 Å². The molecule has 162 valence electrons. The van der Waals surface area contributed by atoms with Crippen LogP contribution in [0.2, 0.25) is 0 Å². The molecule has 4 nitrogen and oxygen atoms in total. The van der Waals surface area contributed by atoms with E-state index >= 15 is 0 Å². The molecule has 1 amide bonds. The molecule has 0 fully saturated rings. The molecular formula is C26H23FN2O2S. The third-order valence-corrected chi connectivity index (χ3v) is 6.95. The average molecular weight is 447 g/mol. The standard InChI is InChI=1S/C26H23FN2O2S/c1-26(2)14-19-23(21(30)15-26)24(22-8-5-13-32-22)29(20-7-4-3-6-18(20)28-19)25(31)16-9-11-17(27)12-10-16/h3-13,24,28H,14-15H2,1-2H3. The molecule has 32 heavy (non-hydrogen) atoms. The van der Waals surface area contributed by atoms with Gasteiger partial charge in [0.25, 0.3) is 5.91 Å². The van der Waals surface area contributed by atoms with Gasteiger partial charge in [0, 0.05) is 28.1 Å². The maximum atomic E-state index is 13.9. The number of carbonyl (C=O) groups excluding carboxylic acids is 2. The van der Waals surface area contributed by atoms with Gasteiger partial charge in [-0.3, -0.25) is 14.5 Å². The molecule has 5 rings (SSSR count). The summed E-state index contributed by atoms with van der Waals surface area (Å²) in [7, 11) is 0. The number of ketones is 1. The highest BCUT2D eigenvalue weighted by atomic mass is 32.1. The van der Waals surface area contributed by atoms with E-state index in [1.165, 1.54) is 35.6 Å². The molecule has 0 bridgehead atoms. The fourth-order valence-electron chi connectivity index (χ4n) is 4.66. The number of thiophene rings is 1. The first kappa shape index (κ1) is 20.6. The Morgan fingerprint density at radius 1 is 1.06 bits per heavy atom. The molecule has 2 aromatic carbocycles. The number of nitrogens with one attached hydrogen (secondary N) is 1. The van der Waals surface area contributed by atoms with Gasteiger partial charge in [0.05, 0.1) is 11.4 Å². The van der Waals surface area contributed by atoms with Gasteiger partial charge in [0.15, 0.2) is 5.78 Å². The van der Waals surface area contributed by atoms with Gasteiger partial charge in [-0.15, -0.1) is 11.3 Å². The summed E-state index contributed by atoms with van der Waals surface area (Å²) < 4.78 is 13.6. The summed E-state index contributed by atoms with van der Waals surface area (Å²) in [6, 6.07) is 16.5. The number of nitrogens with zero attached hydrogens (tertiary/aromatic N) is 1. The summed E-state index contributed by atoms with van der Waals surface area (Å²) in [5, 5.41) is 5.45. The molecule has 1 aromatic heterocycles. The number of rotatable bonds is 2. The minimum Gasteiger partial charge on any atom is -0.357 e. The fraction of sp³-hybridized carbons (Fsp3) is 0.231. The quantitative estimate of drug-likeness (QED) is 0.499. The van der Waals surface area contributed by atoms with E-state index in [9.17, 15) is 14.0 Å². The molecule has 0 spiro atoms. The Morgan fingerprint density at radius 3 is 2.53 bits per heavy atom. The minimum atomic E-state index is -0.553. The number of halogens is 1. The minimum absolute atomic E-state index is 0.0480. The summed E-state index contributed by atoms with van der Waals surface area (Å²) in [6.07, 6.45) is 1.13. The number of fused-ring (bicyclic) bond motifs is 1. The molecule has 1 unspecified atom stereocenters. The third kappa shape index (κ3) is 3.54. The number of hydrogen-bond donors (Lipinski definition) is 1. The number of benzene rings is 2. The molecule has 6 heteroatoms. The van der Waals surface area contributed by atoms with Gasteiger partial charge in [-0.1, -0.05) is 32.0 Å². The predicted octanol–water partition coefficient (Wildman–Crippen LogP) is 6.34. The Bertz CT molecular complexity index is 1230. The van der Waals surface area contributed by atoms with E-state index in [-0.39, 0.29) is 17.1 Å². The van der Waals surface area contributed by atoms with Crippen LogP contribution < -0.4 is 10.2 Å². The zero-order chi connectivity index (χ0) is 22.5. The maximum absolute atomic E-state index is 13.9. The van der Waals surface area contributed by atoms with Crippen LogP contribution in [0.15, 0.2) is 77.3 Å². The first-order valence-electron chi connectivity index (χ1n) is 10.6. The maximum Gasteiger partial charge on any atom is 0.259 e. The van der Waals surface area contributed by atoms with Crippen molar-refractivity contribution in [2.75, 3.05) is 10.2 Å². The third-order valence-electron chi connectivity index (χ3n) is 6.02. The van der Waals surface area contributed by atoms with E-state index in [4.69, 9.17) is 0 Å². The Hall–Kier alpha value is -3.25. The van der Waals surface area contributed by atoms with Gasteiger partial charge in [-0.05, 0) is 59.7 Å². The number of hydrogen-bond acceptors (Lipinski definition) is 4. The van der Waals surface area contributed by atoms with Gasteiger partial charge >= 0.3 is 0 Å². The van der Waals surface area contributed by atoms with Gasteiger partial charge in [-0.2, -0.15) is 0 Å². The van der Waals surface area contributed by atoms with E-state index in [0.717, 1.165) is 16.3 Å². The van der Waals surface area contributed by atoms with Crippen molar-refractivity contribution in [1.82, 2.24) is 0 Å². The number of anilines is 2. The Kier molecular flexibility index (Phi) is 4.97. The average Bonchev–Trinajstić information content (AvgIpc) is 3.23. The summed E-state index contributed by atoms with van der Waals surface area (Å²) in [5.41, 5.74) is 3.18. The second-order valence-electron chi connectivity index (χ2n) is 9.08. The fourth-order valence-corrected chi connectivity index (χ4v) is 5.48. The lowest BCUT2D eigenvalue weighted by Crippen LogP contribution is -2.39. The van der Waals surface area contributed by atoms with Crippen LogP contribution in [-0.4, -0.2) is 11.7 Å². The lowest BCUT2D eigenvalue weighted by atomic mass is 9.74. The number of Topliss-reactive ketones (excluding diaryl/α,β-unsaturated/α-hetero) is 1. The van der Waals surface area contributed by atoms with Crippen LogP contribution >= 0.6 is 11.3 Å². The highest BCUT2D eigenvalue weighted by molar-refractivity contribution is 7.10. The Balaban J connectivity index is 1.76. The van der Waals surface area contributed by atoms with Gasteiger partial charge in [0.1, 0.15) is 11.9 Å². The summed E-state index contributed by atoms with van der Waals surface area (Å²) >= 11 is 1.52. The molecule has 2 aliphatic rings. The zero-order valence-electron chi connectivity index (χ0n) is 17.9. The van der Waals surface area contributed by atoms with Crippen molar-refractivity contribution in [3.8, 4) is 0 Å². The Morgan fingerprint density at radius 2 is 1.81 bits per heavy atom. The van der Waals surface area contributed by atoms with E-state index in [2.05, 4.69) is 19.2 Å². The topological polar surface area (TPSA) is 49.4 Å². The summed E-state index contributed by atoms with van der Waals surface area (Å²) in [6.45, 7) is 4.18. The van der Waals surface area contributed by atoms with E-state index in [0.29, 0.717) is 29.7 Å².